The Bertz CT molecular complexity index is 389. The van der Waals surface area contributed by atoms with Gasteiger partial charge in [-0.2, -0.15) is 0 Å². The minimum absolute atomic E-state index is 0.0332. The second-order valence-corrected chi connectivity index (χ2v) is 4.82. The molecule has 0 saturated carbocycles. The Morgan fingerprint density at radius 1 is 1.53 bits per heavy atom. The van der Waals surface area contributed by atoms with Crippen molar-refractivity contribution >= 4 is 5.91 Å². The summed E-state index contributed by atoms with van der Waals surface area (Å²) in [4.78, 5) is 13.9. The number of aryl methyl sites for hydroxylation is 1. The Morgan fingerprint density at radius 3 is 2.65 bits per heavy atom. The lowest BCUT2D eigenvalue weighted by atomic mass is 9.92. The van der Waals surface area contributed by atoms with Crippen molar-refractivity contribution in [1.29, 1.82) is 0 Å². The van der Waals surface area contributed by atoms with Gasteiger partial charge in [-0.15, -0.1) is 0 Å². The maximum absolute atomic E-state index is 12.1. The topological polar surface area (TPSA) is 53.7 Å². The van der Waals surface area contributed by atoms with Crippen LogP contribution in [0.5, 0.6) is 0 Å². The molecule has 94 valence electrons. The van der Waals surface area contributed by atoms with E-state index >= 15 is 0 Å². The lowest BCUT2D eigenvalue weighted by Gasteiger charge is -2.33. The monoisotopic (exact) mass is 237 g/mol. The van der Waals surface area contributed by atoms with E-state index < -0.39 is 0 Å². The zero-order chi connectivity index (χ0) is 12.4. The van der Waals surface area contributed by atoms with Gasteiger partial charge in [0.1, 0.15) is 12.0 Å². The van der Waals surface area contributed by atoms with Crippen molar-refractivity contribution in [1.82, 2.24) is 4.90 Å². The summed E-state index contributed by atoms with van der Waals surface area (Å²) >= 11 is 0. The molecule has 1 aromatic heterocycles. The molecule has 0 bridgehead atoms. The van der Waals surface area contributed by atoms with Gasteiger partial charge in [-0.1, -0.05) is 0 Å². The molecule has 0 aromatic carbocycles. The van der Waals surface area contributed by atoms with Gasteiger partial charge >= 0.3 is 0 Å². The number of amides is 1. The number of rotatable bonds is 2. The third-order valence-corrected chi connectivity index (χ3v) is 3.49. The van der Waals surface area contributed by atoms with Crippen molar-refractivity contribution in [3.05, 3.63) is 23.7 Å². The molecule has 1 unspecified atom stereocenters. The molecule has 1 amide bonds. The minimum Gasteiger partial charge on any atom is -0.469 e. The molecule has 1 fully saturated rings. The molecule has 1 aromatic rings. The van der Waals surface area contributed by atoms with Crippen LogP contribution in [0.2, 0.25) is 0 Å². The van der Waals surface area contributed by atoms with Crippen LogP contribution in [0.3, 0.4) is 0 Å². The van der Waals surface area contributed by atoms with Gasteiger partial charge in [0.05, 0.1) is 11.7 Å². The van der Waals surface area contributed by atoms with E-state index in [9.17, 15) is 9.90 Å². The average Bonchev–Trinajstić information content (AvgIpc) is 2.75. The van der Waals surface area contributed by atoms with Gasteiger partial charge in [0.2, 0.25) is 0 Å². The van der Waals surface area contributed by atoms with Gasteiger partial charge in [-0.05, 0) is 38.7 Å². The number of likely N-dealkylation sites (tertiary alicyclic amines) is 1. The number of hydrogen-bond donors (Lipinski definition) is 1. The second kappa shape index (κ2) is 4.92. The van der Waals surface area contributed by atoms with Crippen molar-refractivity contribution in [2.24, 2.45) is 5.92 Å². The summed E-state index contributed by atoms with van der Waals surface area (Å²) < 4.78 is 5.15. The zero-order valence-electron chi connectivity index (χ0n) is 10.3. The first-order chi connectivity index (χ1) is 8.08. The number of carbonyl (C=O) groups excluding carboxylic acids is 1. The molecule has 1 aliphatic heterocycles. The zero-order valence-corrected chi connectivity index (χ0v) is 10.3. The first kappa shape index (κ1) is 12.2. The van der Waals surface area contributed by atoms with Crippen molar-refractivity contribution in [2.75, 3.05) is 13.1 Å². The number of aliphatic hydroxyl groups is 1. The van der Waals surface area contributed by atoms with Crippen LogP contribution in [0.25, 0.3) is 0 Å². The van der Waals surface area contributed by atoms with Crippen LogP contribution in [-0.4, -0.2) is 35.1 Å². The highest BCUT2D eigenvalue weighted by Crippen LogP contribution is 2.22. The van der Waals surface area contributed by atoms with Gasteiger partial charge in [0.15, 0.2) is 0 Å². The SMILES string of the molecule is Cc1cc(C(=O)N2CCC(C(C)O)CC2)co1. The summed E-state index contributed by atoms with van der Waals surface area (Å²) in [7, 11) is 0. The molecule has 2 rings (SSSR count). The largest absolute Gasteiger partial charge is 0.469 e. The second-order valence-electron chi connectivity index (χ2n) is 4.82. The van der Waals surface area contributed by atoms with Crippen LogP contribution >= 0.6 is 0 Å². The Hall–Kier alpha value is -1.29. The fourth-order valence-corrected chi connectivity index (χ4v) is 2.32. The van der Waals surface area contributed by atoms with Crippen molar-refractivity contribution in [2.45, 2.75) is 32.8 Å². The standard InChI is InChI=1S/C13H19NO3/c1-9-7-12(8-17-9)13(16)14-5-3-11(4-6-14)10(2)15/h7-8,10-11,15H,3-6H2,1-2H3. The Kier molecular flexibility index (Phi) is 3.52. The summed E-state index contributed by atoms with van der Waals surface area (Å²) in [6, 6.07) is 1.77. The van der Waals surface area contributed by atoms with E-state index in [2.05, 4.69) is 0 Å². The van der Waals surface area contributed by atoms with Crippen LogP contribution in [-0.2, 0) is 0 Å². The number of nitrogens with zero attached hydrogens (tertiary/aromatic N) is 1. The summed E-state index contributed by atoms with van der Waals surface area (Å²) in [6.45, 7) is 5.09. The maximum Gasteiger partial charge on any atom is 0.257 e. The smallest absolute Gasteiger partial charge is 0.257 e. The van der Waals surface area contributed by atoms with E-state index in [0.717, 1.165) is 31.7 Å². The maximum atomic E-state index is 12.1. The molecular weight excluding hydrogens is 218 g/mol. The number of piperidine rings is 1. The quantitative estimate of drug-likeness (QED) is 0.853. The van der Waals surface area contributed by atoms with E-state index in [4.69, 9.17) is 4.42 Å². The molecule has 4 heteroatoms. The van der Waals surface area contributed by atoms with Crippen LogP contribution in [0.4, 0.5) is 0 Å². The summed E-state index contributed by atoms with van der Waals surface area (Å²) in [5.41, 5.74) is 0.623. The number of aliphatic hydroxyl groups excluding tert-OH is 1. The summed E-state index contributed by atoms with van der Waals surface area (Å²) in [5.74, 6) is 1.11. The molecule has 0 aliphatic carbocycles. The Labute approximate surface area is 101 Å². The van der Waals surface area contributed by atoms with E-state index in [0.29, 0.717) is 11.5 Å². The summed E-state index contributed by atoms with van der Waals surface area (Å²) in [6.07, 6.45) is 2.99. The number of hydrogen-bond acceptors (Lipinski definition) is 3. The Morgan fingerprint density at radius 2 is 2.18 bits per heavy atom. The molecule has 4 nitrogen and oxygen atoms in total. The van der Waals surface area contributed by atoms with Crippen molar-refractivity contribution in [3.63, 3.8) is 0 Å². The highest BCUT2D eigenvalue weighted by molar-refractivity contribution is 5.94. The van der Waals surface area contributed by atoms with Gasteiger partial charge < -0.3 is 14.4 Å². The van der Waals surface area contributed by atoms with Crippen LogP contribution in [0.15, 0.2) is 16.7 Å². The predicted molar refractivity (Wildman–Crippen MR) is 63.8 cm³/mol. The van der Waals surface area contributed by atoms with E-state index in [1.54, 1.807) is 6.07 Å². The van der Waals surface area contributed by atoms with Crippen LogP contribution in [0.1, 0.15) is 35.9 Å². The lowest BCUT2D eigenvalue weighted by Crippen LogP contribution is -2.40. The molecule has 0 spiro atoms. The molecule has 0 radical (unpaired) electrons. The van der Waals surface area contributed by atoms with Gasteiger partial charge in [-0.3, -0.25) is 4.79 Å². The van der Waals surface area contributed by atoms with E-state index in [1.807, 2.05) is 18.7 Å². The fourth-order valence-electron chi connectivity index (χ4n) is 2.32. The molecule has 1 N–H and O–H groups in total. The van der Waals surface area contributed by atoms with Crippen LogP contribution in [0, 0.1) is 12.8 Å². The van der Waals surface area contributed by atoms with E-state index in [1.165, 1.54) is 6.26 Å². The molecule has 1 aliphatic rings. The minimum atomic E-state index is -0.275. The number of carbonyl (C=O) groups is 1. The van der Waals surface area contributed by atoms with Gasteiger partial charge in [0, 0.05) is 13.1 Å². The molecular formula is C13H19NO3. The molecule has 17 heavy (non-hydrogen) atoms. The van der Waals surface area contributed by atoms with E-state index in [-0.39, 0.29) is 12.0 Å². The van der Waals surface area contributed by atoms with Gasteiger partial charge in [0.25, 0.3) is 5.91 Å². The Balaban J connectivity index is 1.95. The molecule has 1 atom stereocenters. The highest BCUT2D eigenvalue weighted by Gasteiger charge is 2.26. The van der Waals surface area contributed by atoms with Gasteiger partial charge in [-0.25, -0.2) is 0 Å². The third-order valence-electron chi connectivity index (χ3n) is 3.49. The first-order valence-electron chi connectivity index (χ1n) is 6.10. The number of furan rings is 1. The first-order valence-corrected chi connectivity index (χ1v) is 6.10. The fraction of sp³-hybridized carbons (Fsp3) is 0.615. The van der Waals surface area contributed by atoms with Crippen LogP contribution < -0.4 is 0 Å². The normalized spacial score (nSPS) is 19.4. The highest BCUT2D eigenvalue weighted by atomic mass is 16.3. The van der Waals surface area contributed by atoms with Crippen molar-refractivity contribution in [3.8, 4) is 0 Å². The molecule has 2 heterocycles. The third kappa shape index (κ3) is 2.69. The van der Waals surface area contributed by atoms with Crippen molar-refractivity contribution < 1.29 is 14.3 Å². The summed E-state index contributed by atoms with van der Waals surface area (Å²) in [5, 5.41) is 9.50. The molecule has 1 saturated heterocycles. The average molecular weight is 237 g/mol. The lowest BCUT2D eigenvalue weighted by molar-refractivity contribution is 0.0521. The predicted octanol–water partition coefficient (Wildman–Crippen LogP) is 1.82.